The lowest BCUT2D eigenvalue weighted by molar-refractivity contribution is 0.183. The van der Waals surface area contributed by atoms with Crippen molar-refractivity contribution < 1.29 is 14.6 Å². The van der Waals surface area contributed by atoms with Crippen LogP contribution in [0.5, 0.6) is 11.5 Å². The first kappa shape index (κ1) is 16.3. The van der Waals surface area contributed by atoms with Crippen molar-refractivity contribution in [2.75, 3.05) is 5.32 Å². The van der Waals surface area contributed by atoms with Crippen LogP contribution >= 0.6 is 23.2 Å². The fourth-order valence-corrected chi connectivity index (χ4v) is 2.26. The molecule has 0 aliphatic heterocycles. The molecule has 3 N–H and O–H groups in total. The van der Waals surface area contributed by atoms with Crippen molar-refractivity contribution in [1.82, 2.24) is 5.32 Å². The maximum atomic E-state index is 11.9. The number of hydrogen-bond acceptors (Lipinski definition) is 3. The van der Waals surface area contributed by atoms with Gasteiger partial charge in [0.2, 0.25) is 0 Å². The second-order valence-corrected chi connectivity index (χ2v) is 5.38. The number of carbonyl (C=O) groups excluding carboxylic acids is 1. The third-order valence-corrected chi connectivity index (χ3v) is 3.04. The Morgan fingerprint density at radius 1 is 1.14 bits per heavy atom. The number of nitrogens with one attached hydrogen (secondary N) is 2. The van der Waals surface area contributed by atoms with Gasteiger partial charge in [-0.1, -0.05) is 23.2 Å². The highest BCUT2D eigenvalue weighted by molar-refractivity contribution is 6.35. The van der Waals surface area contributed by atoms with Gasteiger partial charge in [0.15, 0.2) is 6.23 Å². The monoisotopic (exact) mass is 340 g/mol. The zero-order valence-corrected chi connectivity index (χ0v) is 13.2. The van der Waals surface area contributed by atoms with E-state index in [2.05, 4.69) is 10.6 Å². The molecule has 0 fully saturated rings. The third kappa shape index (κ3) is 5.02. The van der Waals surface area contributed by atoms with Crippen LogP contribution in [-0.4, -0.2) is 17.4 Å². The van der Waals surface area contributed by atoms with Crippen LogP contribution in [0.3, 0.4) is 0 Å². The highest BCUT2D eigenvalue weighted by atomic mass is 35.5. The Morgan fingerprint density at radius 2 is 1.73 bits per heavy atom. The summed E-state index contributed by atoms with van der Waals surface area (Å²) >= 11 is 11.7. The van der Waals surface area contributed by atoms with Crippen molar-refractivity contribution in [2.24, 2.45) is 0 Å². The van der Waals surface area contributed by atoms with Crippen LogP contribution < -0.4 is 15.4 Å². The molecule has 0 heterocycles. The average molecular weight is 341 g/mol. The molecule has 0 spiro atoms. The molecule has 7 heteroatoms. The van der Waals surface area contributed by atoms with Crippen LogP contribution in [0.15, 0.2) is 42.5 Å². The summed E-state index contributed by atoms with van der Waals surface area (Å²) in [5.41, 5.74) is 0.479. The number of halogens is 2. The number of benzene rings is 2. The maximum Gasteiger partial charge on any atom is 0.322 e. The number of phenolic OH excluding ortho intramolecular Hbond substituents is 1. The van der Waals surface area contributed by atoms with Gasteiger partial charge in [-0.3, -0.25) is 0 Å². The van der Waals surface area contributed by atoms with Crippen LogP contribution in [0.1, 0.15) is 6.92 Å². The van der Waals surface area contributed by atoms with E-state index in [0.29, 0.717) is 21.5 Å². The normalized spacial score (nSPS) is 11.6. The molecule has 0 saturated heterocycles. The molecule has 116 valence electrons. The molecule has 22 heavy (non-hydrogen) atoms. The van der Waals surface area contributed by atoms with Crippen molar-refractivity contribution in [3.63, 3.8) is 0 Å². The number of ether oxygens (including phenoxy) is 1. The van der Waals surface area contributed by atoms with Crippen LogP contribution in [0.2, 0.25) is 10.0 Å². The van der Waals surface area contributed by atoms with Crippen molar-refractivity contribution >= 4 is 34.9 Å². The molecule has 0 aliphatic rings. The number of carbonyl (C=O) groups is 1. The van der Waals surface area contributed by atoms with Crippen molar-refractivity contribution in [1.29, 1.82) is 0 Å². The summed E-state index contributed by atoms with van der Waals surface area (Å²) in [6.07, 6.45) is -0.570. The zero-order valence-electron chi connectivity index (χ0n) is 11.6. The summed E-state index contributed by atoms with van der Waals surface area (Å²) in [7, 11) is 0. The molecule has 1 atom stereocenters. The first-order chi connectivity index (χ1) is 10.4. The first-order valence-corrected chi connectivity index (χ1v) is 7.17. The Kier molecular flexibility index (Phi) is 5.35. The topological polar surface area (TPSA) is 70.6 Å². The highest BCUT2D eigenvalue weighted by Gasteiger charge is 2.09. The quantitative estimate of drug-likeness (QED) is 0.728. The van der Waals surface area contributed by atoms with Gasteiger partial charge in [0.1, 0.15) is 11.5 Å². The fraction of sp³-hybridized carbons (Fsp3) is 0.133. The van der Waals surface area contributed by atoms with Gasteiger partial charge in [-0.2, -0.15) is 0 Å². The van der Waals surface area contributed by atoms with Crippen LogP contribution in [0.25, 0.3) is 0 Å². The maximum absolute atomic E-state index is 11.9. The Hall–Kier alpha value is -2.11. The minimum absolute atomic E-state index is 0.142. The molecule has 2 aromatic rings. The van der Waals surface area contributed by atoms with E-state index in [1.54, 1.807) is 37.3 Å². The second kappa shape index (κ2) is 7.24. The van der Waals surface area contributed by atoms with E-state index >= 15 is 0 Å². The molecular weight excluding hydrogens is 327 g/mol. The van der Waals surface area contributed by atoms with Crippen molar-refractivity contribution in [3.05, 3.63) is 52.5 Å². The number of rotatable bonds is 4. The summed E-state index contributed by atoms with van der Waals surface area (Å²) in [6, 6.07) is 10.5. The lowest BCUT2D eigenvalue weighted by Gasteiger charge is -2.17. The predicted molar refractivity (Wildman–Crippen MR) is 86.8 cm³/mol. The summed E-state index contributed by atoms with van der Waals surface area (Å²) in [4.78, 5) is 11.9. The van der Waals surface area contributed by atoms with Gasteiger partial charge in [-0.05, 0) is 49.4 Å². The molecule has 0 aromatic heterocycles. The summed E-state index contributed by atoms with van der Waals surface area (Å²) in [6.45, 7) is 1.68. The molecule has 2 rings (SSSR count). The van der Waals surface area contributed by atoms with E-state index in [9.17, 15) is 9.90 Å². The molecule has 2 amide bonds. The Balaban J connectivity index is 1.89. The molecule has 0 aliphatic carbocycles. The number of aromatic hydroxyl groups is 1. The van der Waals surface area contributed by atoms with Gasteiger partial charge >= 0.3 is 6.03 Å². The lowest BCUT2D eigenvalue weighted by atomic mass is 10.3. The number of anilines is 1. The number of amides is 2. The van der Waals surface area contributed by atoms with Crippen LogP contribution in [0.4, 0.5) is 10.5 Å². The van der Waals surface area contributed by atoms with E-state index in [1.807, 2.05) is 0 Å². The second-order valence-electron chi connectivity index (χ2n) is 4.51. The van der Waals surface area contributed by atoms with Gasteiger partial charge < -0.3 is 20.5 Å². The Morgan fingerprint density at radius 3 is 2.32 bits per heavy atom. The van der Waals surface area contributed by atoms with E-state index in [0.717, 1.165) is 0 Å². The number of hydrogen-bond donors (Lipinski definition) is 3. The van der Waals surface area contributed by atoms with E-state index < -0.39 is 12.3 Å². The number of phenols is 1. The van der Waals surface area contributed by atoms with Gasteiger partial charge in [0, 0.05) is 15.7 Å². The van der Waals surface area contributed by atoms with Crippen molar-refractivity contribution in [2.45, 2.75) is 13.2 Å². The molecular formula is C15H14Cl2N2O3. The smallest absolute Gasteiger partial charge is 0.322 e. The average Bonchev–Trinajstić information content (AvgIpc) is 2.39. The van der Waals surface area contributed by atoms with Crippen LogP contribution in [-0.2, 0) is 0 Å². The van der Waals surface area contributed by atoms with Gasteiger partial charge in [0.05, 0.1) is 0 Å². The van der Waals surface area contributed by atoms with Crippen LogP contribution in [0, 0.1) is 0 Å². The fourth-order valence-electron chi connectivity index (χ4n) is 1.74. The van der Waals surface area contributed by atoms with Gasteiger partial charge in [-0.25, -0.2) is 4.79 Å². The minimum atomic E-state index is -0.570. The molecule has 0 bridgehead atoms. The molecule has 0 saturated carbocycles. The van der Waals surface area contributed by atoms with E-state index in [4.69, 9.17) is 27.9 Å². The largest absolute Gasteiger partial charge is 0.508 e. The van der Waals surface area contributed by atoms with Crippen molar-refractivity contribution in [3.8, 4) is 11.5 Å². The summed E-state index contributed by atoms with van der Waals surface area (Å²) < 4.78 is 5.49. The standard InChI is InChI=1S/C15H14Cl2N2O3/c1-9(22-14-4-2-13(20)3-5-14)18-15(21)19-12-7-10(16)6-11(17)8-12/h2-9,20H,1H3,(H2,18,19,21). The summed E-state index contributed by atoms with van der Waals surface area (Å²) in [5, 5.41) is 15.3. The Labute approximate surface area is 137 Å². The van der Waals surface area contributed by atoms with Gasteiger partial charge in [-0.15, -0.1) is 0 Å². The molecule has 5 nitrogen and oxygen atoms in total. The first-order valence-electron chi connectivity index (χ1n) is 6.41. The lowest BCUT2D eigenvalue weighted by Crippen LogP contribution is -2.39. The minimum Gasteiger partial charge on any atom is -0.508 e. The zero-order chi connectivity index (χ0) is 16.1. The molecule has 0 radical (unpaired) electrons. The SMILES string of the molecule is CC(NC(=O)Nc1cc(Cl)cc(Cl)c1)Oc1ccc(O)cc1. The predicted octanol–water partition coefficient (Wildman–Crippen LogP) is 4.25. The Bertz CT molecular complexity index is 642. The summed E-state index contributed by atoms with van der Waals surface area (Å²) in [5.74, 6) is 0.667. The van der Waals surface area contributed by atoms with E-state index in [1.165, 1.54) is 12.1 Å². The number of urea groups is 1. The molecule has 2 aromatic carbocycles. The third-order valence-electron chi connectivity index (χ3n) is 2.60. The van der Waals surface area contributed by atoms with E-state index in [-0.39, 0.29) is 5.75 Å². The molecule has 1 unspecified atom stereocenters. The van der Waals surface area contributed by atoms with Gasteiger partial charge in [0.25, 0.3) is 0 Å². The highest BCUT2D eigenvalue weighted by Crippen LogP contribution is 2.22.